The summed E-state index contributed by atoms with van der Waals surface area (Å²) >= 11 is 0. The summed E-state index contributed by atoms with van der Waals surface area (Å²) in [5, 5.41) is 22.5. The second-order valence-corrected chi connectivity index (χ2v) is 4.96. The fraction of sp³-hybridized carbons (Fsp3) is 0.294. The van der Waals surface area contributed by atoms with Gasteiger partial charge >= 0.3 is 0 Å². The lowest BCUT2D eigenvalue weighted by Crippen LogP contribution is -2.34. The Morgan fingerprint density at radius 3 is 2.48 bits per heavy atom. The van der Waals surface area contributed by atoms with E-state index >= 15 is 0 Å². The molecule has 0 saturated heterocycles. The summed E-state index contributed by atoms with van der Waals surface area (Å²) in [6, 6.07) is 15.3. The average molecular weight is 287 g/mol. The first-order valence-electron chi connectivity index (χ1n) is 6.97. The molecular weight excluding hydrogens is 266 g/mol. The molecule has 0 aliphatic rings. The summed E-state index contributed by atoms with van der Waals surface area (Å²) in [5.41, 5.74) is 2.13. The van der Waals surface area contributed by atoms with Crippen LogP contribution in [0, 0.1) is 0 Å². The van der Waals surface area contributed by atoms with E-state index in [0.29, 0.717) is 12.3 Å². The molecule has 0 amide bonds. The van der Waals surface area contributed by atoms with Crippen LogP contribution in [0.2, 0.25) is 0 Å². The smallest absolute Gasteiger partial charge is 0.160 e. The van der Waals surface area contributed by atoms with E-state index in [1.807, 2.05) is 36.4 Å². The van der Waals surface area contributed by atoms with Crippen molar-refractivity contribution in [1.29, 1.82) is 0 Å². The zero-order valence-corrected chi connectivity index (χ0v) is 12.1. The largest absolute Gasteiger partial charge is 0.504 e. The predicted octanol–water partition coefficient (Wildman–Crippen LogP) is 2.09. The lowest BCUT2D eigenvalue weighted by atomic mass is 10.1. The number of hydrogen-bond donors (Lipinski definition) is 3. The van der Waals surface area contributed by atoms with E-state index in [-0.39, 0.29) is 18.4 Å². The monoisotopic (exact) mass is 287 g/mol. The van der Waals surface area contributed by atoms with E-state index in [1.54, 1.807) is 12.1 Å². The molecule has 1 unspecified atom stereocenters. The Morgan fingerprint density at radius 2 is 1.86 bits per heavy atom. The molecule has 2 aromatic rings. The number of nitrogens with one attached hydrogen (secondary N) is 1. The lowest BCUT2D eigenvalue weighted by Gasteiger charge is -2.17. The van der Waals surface area contributed by atoms with Crippen LogP contribution in [0.3, 0.4) is 0 Å². The quantitative estimate of drug-likeness (QED) is 0.730. The zero-order chi connectivity index (χ0) is 15.1. The van der Waals surface area contributed by atoms with Gasteiger partial charge in [0.2, 0.25) is 0 Å². The van der Waals surface area contributed by atoms with Crippen LogP contribution in [0.5, 0.6) is 11.5 Å². The van der Waals surface area contributed by atoms with Crippen LogP contribution in [0.4, 0.5) is 0 Å². The maximum absolute atomic E-state index is 9.75. The maximum Gasteiger partial charge on any atom is 0.160 e. The fourth-order valence-corrected chi connectivity index (χ4v) is 2.21. The van der Waals surface area contributed by atoms with Crippen LogP contribution in [0.1, 0.15) is 11.1 Å². The van der Waals surface area contributed by atoms with Gasteiger partial charge in [0.25, 0.3) is 0 Å². The van der Waals surface area contributed by atoms with Crippen LogP contribution in [0.25, 0.3) is 0 Å². The van der Waals surface area contributed by atoms with Gasteiger partial charge in [-0.25, -0.2) is 0 Å². The zero-order valence-electron chi connectivity index (χ0n) is 12.1. The molecule has 4 nitrogen and oxygen atoms in total. The van der Waals surface area contributed by atoms with Crippen LogP contribution >= 0.6 is 0 Å². The molecule has 0 spiro atoms. The van der Waals surface area contributed by atoms with Crippen molar-refractivity contribution in [2.75, 3.05) is 13.7 Å². The Labute approximate surface area is 125 Å². The molecule has 0 heterocycles. The molecule has 112 valence electrons. The van der Waals surface area contributed by atoms with Gasteiger partial charge in [-0.05, 0) is 29.7 Å². The normalized spacial score (nSPS) is 12.1. The molecule has 1 atom stereocenters. The van der Waals surface area contributed by atoms with Crippen molar-refractivity contribution >= 4 is 0 Å². The predicted molar refractivity (Wildman–Crippen MR) is 82.5 cm³/mol. The summed E-state index contributed by atoms with van der Waals surface area (Å²) in [7, 11) is 1.52. The van der Waals surface area contributed by atoms with E-state index in [1.165, 1.54) is 12.7 Å². The Hall–Kier alpha value is -2.04. The minimum Gasteiger partial charge on any atom is -0.504 e. The molecular formula is C17H21NO3. The SMILES string of the molecule is COc1ccc(CNC(CO)Cc2ccccc2)cc1O. The lowest BCUT2D eigenvalue weighted by molar-refractivity contribution is 0.240. The average Bonchev–Trinajstić information content (AvgIpc) is 2.52. The second-order valence-electron chi connectivity index (χ2n) is 4.96. The molecule has 0 saturated carbocycles. The summed E-state index contributed by atoms with van der Waals surface area (Å²) in [6.45, 7) is 0.645. The molecule has 0 bridgehead atoms. The first kappa shape index (κ1) is 15.4. The van der Waals surface area contributed by atoms with Crippen molar-refractivity contribution in [3.05, 3.63) is 59.7 Å². The molecule has 4 heteroatoms. The van der Waals surface area contributed by atoms with Crippen LogP contribution in [-0.4, -0.2) is 30.0 Å². The van der Waals surface area contributed by atoms with Crippen molar-refractivity contribution in [2.24, 2.45) is 0 Å². The van der Waals surface area contributed by atoms with Gasteiger partial charge in [0, 0.05) is 12.6 Å². The van der Waals surface area contributed by atoms with Crippen molar-refractivity contribution in [1.82, 2.24) is 5.32 Å². The highest BCUT2D eigenvalue weighted by atomic mass is 16.5. The van der Waals surface area contributed by atoms with E-state index in [2.05, 4.69) is 5.32 Å². The molecule has 2 rings (SSSR count). The van der Waals surface area contributed by atoms with Gasteiger partial charge in [0.15, 0.2) is 11.5 Å². The number of rotatable bonds is 7. The van der Waals surface area contributed by atoms with Gasteiger partial charge < -0.3 is 20.3 Å². The Balaban J connectivity index is 1.92. The fourth-order valence-electron chi connectivity index (χ4n) is 2.21. The minimum absolute atomic E-state index is 0.0170. The maximum atomic E-state index is 9.75. The van der Waals surface area contributed by atoms with Crippen LogP contribution in [0.15, 0.2) is 48.5 Å². The number of aliphatic hydroxyl groups is 1. The van der Waals surface area contributed by atoms with Gasteiger partial charge in [-0.2, -0.15) is 0 Å². The third-order valence-electron chi connectivity index (χ3n) is 3.38. The molecule has 0 radical (unpaired) electrons. The third-order valence-corrected chi connectivity index (χ3v) is 3.38. The number of hydrogen-bond acceptors (Lipinski definition) is 4. The molecule has 0 aliphatic carbocycles. The van der Waals surface area contributed by atoms with E-state index in [4.69, 9.17) is 4.74 Å². The highest BCUT2D eigenvalue weighted by Gasteiger charge is 2.09. The van der Waals surface area contributed by atoms with Crippen molar-refractivity contribution < 1.29 is 14.9 Å². The van der Waals surface area contributed by atoms with Crippen LogP contribution < -0.4 is 10.1 Å². The summed E-state index contributed by atoms with van der Waals surface area (Å²) < 4.78 is 5.02. The van der Waals surface area contributed by atoms with Crippen molar-refractivity contribution in [3.8, 4) is 11.5 Å². The van der Waals surface area contributed by atoms with Gasteiger partial charge in [0.1, 0.15) is 0 Å². The van der Waals surface area contributed by atoms with E-state index in [0.717, 1.165) is 12.0 Å². The molecule has 0 aliphatic heterocycles. The number of aliphatic hydroxyl groups excluding tert-OH is 1. The number of benzene rings is 2. The van der Waals surface area contributed by atoms with Gasteiger partial charge in [-0.3, -0.25) is 0 Å². The minimum atomic E-state index is -0.0170. The Kier molecular flexibility index (Phi) is 5.60. The number of aromatic hydroxyl groups is 1. The second kappa shape index (κ2) is 7.67. The van der Waals surface area contributed by atoms with Crippen LogP contribution in [-0.2, 0) is 13.0 Å². The van der Waals surface area contributed by atoms with E-state index in [9.17, 15) is 10.2 Å². The van der Waals surface area contributed by atoms with E-state index < -0.39 is 0 Å². The van der Waals surface area contributed by atoms with Gasteiger partial charge in [-0.15, -0.1) is 0 Å². The van der Waals surface area contributed by atoms with Gasteiger partial charge in [-0.1, -0.05) is 36.4 Å². The Bertz CT molecular complexity index is 557. The molecule has 21 heavy (non-hydrogen) atoms. The Morgan fingerprint density at radius 1 is 1.10 bits per heavy atom. The van der Waals surface area contributed by atoms with Crippen molar-refractivity contribution in [2.45, 2.75) is 19.0 Å². The third kappa shape index (κ3) is 4.48. The van der Waals surface area contributed by atoms with Gasteiger partial charge in [0.05, 0.1) is 13.7 Å². The molecule has 0 aromatic heterocycles. The number of methoxy groups -OCH3 is 1. The summed E-state index contributed by atoms with van der Waals surface area (Å²) in [5.74, 6) is 0.585. The first-order valence-corrected chi connectivity index (χ1v) is 6.97. The molecule has 3 N–H and O–H groups in total. The molecule has 2 aromatic carbocycles. The number of ether oxygens (including phenoxy) is 1. The number of phenols is 1. The van der Waals surface area contributed by atoms with Crippen molar-refractivity contribution in [3.63, 3.8) is 0 Å². The summed E-state index contributed by atoms with van der Waals surface area (Å²) in [4.78, 5) is 0. The number of phenolic OH excluding ortho intramolecular Hbond substituents is 1. The molecule has 0 fully saturated rings. The summed E-state index contributed by atoms with van der Waals surface area (Å²) in [6.07, 6.45) is 0.763. The highest BCUT2D eigenvalue weighted by Crippen LogP contribution is 2.26. The highest BCUT2D eigenvalue weighted by molar-refractivity contribution is 5.41. The first-order chi connectivity index (χ1) is 10.2. The topological polar surface area (TPSA) is 61.7 Å². The standard InChI is InChI=1S/C17H21NO3/c1-21-17-8-7-14(10-16(17)20)11-18-15(12-19)9-13-5-3-2-4-6-13/h2-8,10,15,18-20H,9,11-12H2,1H3.